The molecule has 0 heterocycles. The Morgan fingerprint density at radius 1 is 0.842 bits per heavy atom. The van der Waals surface area contributed by atoms with E-state index in [4.69, 9.17) is 44.3 Å². The molecule has 0 bridgehead atoms. The third-order valence-corrected chi connectivity index (χ3v) is 7.99. The van der Waals surface area contributed by atoms with E-state index in [2.05, 4.69) is 5.32 Å². The fourth-order valence-electron chi connectivity index (χ4n) is 3.37. The average Bonchev–Trinajstić information content (AvgIpc) is 2.89. The standard InChI is InChI=1S/C25H21Cl3N2O7S/c1-36-24(32)15-10-16(25(33)37-2)12-18(11-15)29-23(31)14-30(13-20-21(27)4-3-5-22(20)28)38(34,35)19-8-6-17(26)7-9-19/h3-12H,13-14H2,1-2H3,(H,29,31). The van der Waals surface area contributed by atoms with Gasteiger partial charge in [-0.05, 0) is 54.6 Å². The number of nitrogens with zero attached hydrogens (tertiary/aromatic N) is 1. The minimum atomic E-state index is -4.24. The van der Waals surface area contributed by atoms with Crippen molar-refractivity contribution in [3.05, 3.63) is 92.4 Å². The number of benzene rings is 3. The molecule has 38 heavy (non-hydrogen) atoms. The van der Waals surface area contributed by atoms with Crippen LogP contribution in [-0.4, -0.2) is 51.3 Å². The van der Waals surface area contributed by atoms with Gasteiger partial charge in [0.15, 0.2) is 0 Å². The molecule has 3 aromatic rings. The highest BCUT2D eigenvalue weighted by Gasteiger charge is 2.29. The summed E-state index contributed by atoms with van der Waals surface area (Å²) in [4.78, 5) is 37.1. The van der Waals surface area contributed by atoms with Gasteiger partial charge in [-0.15, -0.1) is 0 Å². The predicted molar refractivity (Wildman–Crippen MR) is 143 cm³/mol. The molecule has 9 nitrogen and oxygen atoms in total. The molecule has 0 atom stereocenters. The van der Waals surface area contributed by atoms with Gasteiger partial charge in [0.1, 0.15) is 0 Å². The lowest BCUT2D eigenvalue weighted by atomic mass is 10.1. The Kier molecular flexibility index (Phi) is 9.75. The van der Waals surface area contributed by atoms with Crippen molar-refractivity contribution in [2.75, 3.05) is 26.1 Å². The van der Waals surface area contributed by atoms with Gasteiger partial charge < -0.3 is 14.8 Å². The summed E-state index contributed by atoms with van der Waals surface area (Å²) < 4.78 is 37.3. The van der Waals surface area contributed by atoms with E-state index >= 15 is 0 Å². The van der Waals surface area contributed by atoms with Crippen LogP contribution in [-0.2, 0) is 30.8 Å². The van der Waals surface area contributed by atoms with Gasteiger partial charge in [-0.2, -0.15) is 4.31 Å². The van der Waals surface area contributed by atoms with Crippen molar-refractivity contribution in [3.8, 4) is 0 Å². The summed E-state index contributed by atoms with van der Waals surface area (Å²) in [5, 5.41) is 3.26. The SMILES string of the molecule is COC(=O)c1cc(NC(=O)CN(Cc2c(Cl)cccc2Cl)S(=O)(=O)c2ccc(Cl)cc2)cc(C(=O)OC)c1. The maximum Gasteiger partial charge on any atom is 0.337 e. The fraction of sp³-hybridized carbons (Fsp3) is 0.160. The van der Waals surface area contributed by atoms with Gasteiger partial charge in [-0.3, -0.25) is 4.79 Å². The van der Waals surface area contributed by atoms with Crippen LogP contribution in [0.2, 0.25) is 15.1 Å². The topological polar surface area (TPSA) is 119 Å². The number of sulfonamides is 1. The van der Waals surface area contributed by atoms with Gasteiger partial charge in [-0.1, -0.05) is 40.9 Å². The summed E-state index contributed by atoms with van der Waals surface area (Å²) in [7, 11) is -1.92. The van der Waals surface area contributed by atoms with Crippen LogP contribution in [0.3, 0.4) is 0 Å². The van der Waals surface area contributed by atoms with Crippen molar-refractivity contribution in [3.63, 3.8) is 0 Å². The number of esters is 2. The van der Waals surface area contributed by atoms with E-state index in [1.165, 1.54) is 42.5 Å². The van der Waals surface area contributed by atoms with E-state index in [-0.39, 0.29) is 38.3 Å². The van der Waals surface area contributed by atoms with Crippen LogP contribution in [0, 0.1) is 0 Å². The van der Waals surface area contributed by atoms with E-state index in [0.717, 1.165) is 18.5 Å². The summed E-state index contributed by atoms with van der Waals surface area (Å²) in [5.41, 5.74) is 0.276. The van der Waals surface area contributed by atoms with Crippen LogP contribution in [0.5, 0.6) is 0 Å². The predicted octanol–water partition coefficient (Wildman–Crippen LogP) is 5.05. The van der Waals surface area contributed by atoms with E-state index < -0.39 is 34.4 Å². The average molecular weight is 600 g/mol. The van der Waals surface area contributed by atoms with Crippen molar-refractivity contribution in [1.29, 1.82) is 0 Å². The second-order valence-electron chi connectivity index (χ2n) is 7.76. The molecule has 0 spiro atoms. The van der Waals surface area contributed by atoms with E-state index in [9.17, 15) is 22.8 Å². The molecule has 0 unspecified atom stereocenters. The highest BCUT2D eigenvalue weighted by atomic mass is 35.5. The molecule has 13 heteroatoms. The Morgan fingerprint density at radius 3 is 1.87 bits per heavy atom. The van der Waals surface area contributed by atoms with E-state index in [1.807, 2.05) is 0 Å². The number of carbonyl (C=O) groups excluding carboxylic acids is 3. The van der Waals surface area contributed by atoms with E-state index in [1.54, 1.807) is 18.2 Å². The lowest BCUT2D eigenvalue weighted by Crippen LogP contribution is -2.37. The van der Waals surface area contributed by atoms with Gasteiger partial charge in [-0.25, -0.2) is 18.0 Å². The molecule has 1 amide bonds. The van der Waals surface area contributed by atoms with Gasteiger partial charge in [0, 0.05) is 32.9 Å². The Hall–Kier alpha value is -3.15. The largest absolute Gasteiger partial charge is 0.465 e. The smallest absolute Gasteiger partial charge is 0.337 e. The quantitative estimate of drug-likeness (QED) is 0.342. The van der Waals surface area contributed by atoms with Crippen LogP contribution in [0.4, 0.5) is 5.69 Å². The molecular weight excluding hydrogens is 579 g/mol. The second kappa shape index (κ2) is 12.6. The highest BCUT2D eigenvalue weighted by Crippen LogP contribution is 2.28. The van der Waals surface area contributed by atoms with Crippen LogP contribution in [0.1, 0.15) is 26.3 Å². The number of amides is 1. The lowest BCUT2D eigenvalue weighted by Gasteiger charge is -2.23. The molecule has 0 fully saturated rings. The number of methoxy groups -OCH3 is 2. The second-order valence-corrected chi connectivity index (χ2v) is 10.9. The third-order valence-electron chi connectivity index (χ3n) is 5.23. The number of hydrogen-bond acceptors (Lipinski definition) is 7. The minimum Gasteiger partial charge on any atom is -0.465 e. The lowest BCUT2D eigenvalue weighted by molar-refractivity contribution is -0.116. The van der Waals surface area contributed by atoms with Crippen LogP contribution < -0.4 is 5.32 Å². The molecule has 0 aliphatic rings. The molecule has 3 aromatic carbocycles. The zero-order valence-electron chi connectivity index (χ0n) is 20.0. The van der Waals surface area contributed by atoms with Crippen LogP contribution in [0.25, 0.3) is 0 Å². The number of rotatable bonds is 9. The Balaban J connectivity index is 1.97. The molecule has 1 N–H and O–H groups in total. The maximum absolute atomic E-state index is 13.5. The van der Waals surface area contributed by atoms with Gasteiger partial charge >= 0.3 is 11.9 Å². The van der Waals surface area contributed by atoms with Crippen molar-refractivity contribution in [2.24, 2.45) is 0 Å². The molecule has 0 aromatic heterocycles. The number of hydrogen-bond donors (Lipinski definition) is 1. The summed E-state index contributed by atoms with van der Waals surface area (Å²) in [6.45, 7) is -0.991. The molecule has 0 aliphatic heterocycles. The first-order valence-electron chi connectivity index (χ1n) is 10.8. The van der Waals surface area contributed by atoms with Gasteiger partial charge in [0.25, 0.3) is 0 Å². The number of anilines is 1. The first kappa shape index (κ1) is 29.4. The monoisotopic (exact) mass is 598 g/mol. The summed E-state index contributed by atoms with van der Waals surface area (Å²) in [6.07, 6.45) is 0. The molecule has 0 saturated heterocycles. The third kappa shape index (κ3) is 7.03. The van der Waals surface area contributed by atoms with Gasteiger partial charge in [0.2, 0.25) is 15.9 Å². The summed E-state index contributed by atoms with van der Waals surface area (Å²) in [6, 6.07) is 13.9. The minimum absolute atomic E-state index is 0.0285. The molecular formula is C25H21Cl3N2O7S. The Bertz CT molecular complexity index is 1420. The molecule has 3 rings (SSSR count). The molecule has 0 radical (unpaired) electrons. The number of nitrogens with one attached hydrogen (secondary N) is 1. The van der Waals surface area contributed by atoms with Crippen LogP contribution >= 0.6 is 34.8 Å². The number of ether oxygens (including phenoxy) is 2. The molecule has 200 valence electrons. The zero-order valence-corrected chi connectivity index (χ0v) is 23.1. The highest BCUT2D eigenvalue weighted by molar-refractivity contribution is 7.89. The normalized spacial score (nSPS) is 11.2. The summed E-state index contributed by atoms with van der Waals surface area (Å²) in [5.74, 6) is -2.29. The Morgan fingerprint density at radius 2 is 1.37 bits per heavy atom. The fourth-order valence-corrected chi connectivity index (χ4v) is 5.38. The number of carbonyl (C=O) groups is 3. The van der Waals surface area contributed by atoms with Crippen molar-refractivity contribution >= 4 is 68.4 Å². The molecule has 0 saturated carbocycles. The van der Waals surface area contributed by atoms with E-state index in [0.29, 0.717) is 10.6 Å². The first-order chi connectivity index (χ1) is 18.0. The zero-order chi connectivity index (χ0) is 28.0. The number of halogens is 3. The molecule has 0 aliphatic carbocycles. The van der Waals surface area contributed by atoms with Crippen molar-refractivity contribution in [1.82, 2.24) is 4.31 Å². The first-order valence-corrected chi connectivity index (χ1v) is 13.3. The summed E-state index contributed by atoms with van der Waals surface area (Å²) >= 11 is 18.4. The van der Waals surface area contributed by atoms with Crippen molar-refractivity contribution < 1.29 is 32.3 Å². The Labute approximate surface area is 234 Å². The maximum atomic E-state index is 13.5. The van der Waals surface area contributed by atoms with Crippen molar-refractivity contribution in [2.45, 2.75) is 11.4 Å². The van der Waals surface area contributed by atoms with Crippen LogP contribution in [0.15, 0.2) is 65.6 Å². The van der Waals surface area contributed by atoms with Gasteiger partial charge in [0.05, 0.1) is 36.8 Å².